The summed E-state index contributed by atoms with van der Waals surface area (Å²) in [6.07, 6.45) is 4.39. The molecule has 0 N–H and O–H groups in total. The first-order valence-electron chi connectivity index (χ1n) is 8.74. The molecule has 5 nitrogen and oxygen atoms in total. The second kappa shape index (κ2) is 7.99. The maximum absolute atomic E-state index is 12.9. The number of ether oxygens (including phenoxy) is 2. The second-order valence-electron chi connectivity index (χ2n) is 6.55. The monoisotopic (exact) mass is 354 g/mol. The molecule has 2 heterocycles. The number of alkyl halides is 2. The molecule has 0 bridgehead atoms. The van der Waals surface area contributed by atoms with Gasteiger partial charge in [0, 0.05) is 24.7 Å². The quantitative estimate of drug-likeness (QED) is 0.788. The van der Waals surface area contributed by atoms with E-state index in [1.165, 1.54) is 32.1 Å². The van der Waals surface area contributed by atoms with E-state index in [0.29, 0.717) is 12.1 Å². The van der Waals surface area contributed by atoms with Gasteiger partial charge in [-0.3, -0.25) is 4.79 Å². The van der Waals surface area contributed by atoms with Crippen LogP contribution in [-0.4, -0.2) is 61.6 Å². The smallest absolute Gasteiger partial charge is 0.387 e. The summed E-state index contributed by atoms with van der Waals surface area (Å²) >= 11 is 0. The summed E-state index contributed by atoms with van der Waals surface area (Å²) in [5.41, 5.74) is 0.352. The van der Waals surface area contributed by atoms with Crippen molar-refractivity contribution in [2.75, 3.05) is 33.3 Å². The number of carbonyl (C=O) groups is 1. The molecular formula is C18H24F2N2O3. The van der Waals surface area contributed by atoms with Gasteiger partial charge in [-0.25, -0.2) is 0 Å². The molecular weight excluding hydrogens is 330 g/mol. The van der Waals surface area contributed by atoms with Crippen molar-refractivity contribution in [1.82, 2.24) is 9.80 Å². The summed E-state index contributed by atoms with van der Waals surface area (Å²) in [5.74, 6) is -0.0611. The lowest BCUT2D eigenvalue weighted by atomic mass is 10.1. The Morgan fingerprint density at radius 1 is 1.20 bits per heavy atom. The standard InChI is InChI=1S/C18H24F2N2O3/c1-24-15-7-6-13(11-16(15)25-18(19)20)17(23)22-10-4-5-14(22)12-21-8-2-3-9-21/h6-7,11,14,18H,2-5,8-10,12H2,1H3. The number of hydrogen-bond donors (Lipinski definition) is 0. The summed E-state index contributed by atoms with van der Waals surface area (Å²) in [6.45, 7) is 0.811. The molecule has 0 radical (unpaired) electrons. The van der Waals surface area contributed by atoms with Crippen LogP contribution in [0, 0.1) is 0 Å². The lowest BCUT2D eigenvalue weighted by Crippen LogP contribution is -2.42. The molecule has 1 atom stereocenters. The number of amides is 1. The maximum Gasteiger partial charge on any atom is 0.387 e. The molecule has 2 aliphatic rings. The van der Waals surface area contributed by atoms with Gasteiger partial charge >= 0.3 is 6.61 Å². The van der Waals surface area contributed by atoms with Crippen LogP contribution in [0.4, 0.5) is 8.78 Å². The average molecular weight is 354 g/mol. The van der Waals surface area contributed by atoms with E-state index in [9.17, 15) is 13.6 Å². The largest absolute Gasteiger partial charge is 0.493 e. The highest BCUT2D eigenvalue weighted by atomic mass is 19.3. The van der Waals surface area contributed by atoms with Gasteiger partial charge in [-0.2, -0.15) is 8.78 Å². The Bertz CT molecular complexity index is 606. The van der Waals surface area contributed by atoms with Gasteiger partial charge in [0.15, 0.2) is 11.5 Å². The summed E-state index contributed by atoms with van der Waals surface area (Å²) in [4.78, 5) is 17.2. The first-order valence-corrected chi connectivity index (χ1v) is 8.74. The number of rotatable bonds is 6. The molecule has 1 aromatic rings. The number of halogens is 2. The summed E-state index contributed by atoms with van der Waals surface area (Å²) in [6, 6.07) is 4.63. The molecule has 2 fully saturated rings. The number of methoxy groups -OCH3 is 1. The molecule has 0 aromatic heterocycles. The van der Waals surface area contributed by atoms with Gasteiger partial charge < -0.3 is 19.3 Å². The van der Waals surface area contributed by atoms with E-state index in [2.05, 4.69) is 9.64 Å². The van der Waals surface area contributed by atoms with E-state index < -0.39 is 6.61 Å². The molecule has 1 unspecified atom stereocenters. The molecule has 25 heavy (non-hydrogen) atoms. The molecule has 138 valence electrons. The highest BCUT2D eigenvalue weighted by Gasteiger charge is 2.31. The minimum absolute atomic E-state index is 0.112. The molecule has 1 aromatic carbocycles. The Balaban J connectivity index is 1.74. The summed E-state index contributed by atoms with van der Waals surface area (Å²) in [7, 11) is 1.38. The van der Waals surface area contributed by atoms with Crippen LogP contribution in [0.2, 0.25) is 0 Å². The molecule has 7 heteroatoms. The maximum atomic E-state index is 12.9. The number of hydrogen-bond acceptors (Lipinski definition) is 4. The van der Waals surface area contributed by atoms with Crippen LogP contribution < -0.4 is 9.47 Å². The molecule has 0 aliphatic carbocycles. The second-order valence-corrected chi connectivity index (χ2v) is 6.55. The summed E-state index contributed by atoms with van der Waals surface area (Å²) < 4.78 is 34.7. The first kappa shape index (κ1) is 17.9. The van der Waals surface area contributed by atoms with Gasteiger partial charge in [-0.1, -0.05) is 0 Å². The van der Waals surface area contributed by atoms with Crippen molar-refractivity contribution in [2.45, 2.75) is 38.3 Å². The zero-order chi connectivity index (χ0) is 17.8. The predicted octanol–water partition coefficient (Wildman–Crippen LogP) is 3.00. The third kappa shape index (κ3) is 4.21. The number of benzene rings is 1. The number of carbonyl (C=O) groups excluding carboxylic acids is 1. The Labute approximate surface area is 146 Å². The lowest BCUT2D eigenvalue weighted by Gasteiger charge is -2.28. The number of likely N-dealkylation sites (tertiary alicyclic amines) is 2. The highest BCUT2D eigenvalue weighted by Crippen LogP contribution is 2.31. The highest BCUT2D eigenvalue weighted by molar-refractivity contribution is 5.95. The van der Waals surface area contributed by atoms with E-state index in [-0.39, 0.29) is 23.4 Å². The zero-order valence-electron chi connectivity index (χ0n) is 14.4. The van der Waals surface area contributed by atoms with Crippen molar-refractivity contribution in [1.29, 1.82) is 0 Å². The van der Waals surface area contributed by atoms with E-state index in [1.807, 2.05) is 4.90 Å². The zero-order valence-corrected chi connectivity index (χ0v) is 14.4. The fourth-order valence-corrected chi connectivity index (χ4v) is 3.72. The van der Waals surface area contributed by atoms with Gasteiger partial charge in [0.2, 0.25) is 0 Å². The topological polar surface area (TPSA) is 42.0 Å². The third-order valence-electron chi connectivity index (χ3n) is 4.93. The van der Waals surface area contributed by atoms with Crippen LogP contribution in [-0.2, 0) is 0 Å². The van der Waals surface area contributed by atoms with E-state index in [1.54, 1.807) is 6.07 Å². The lowest BCUT2D eigenvalue weighted by molar-refractivity contribution is -0.0512. The molecule has 0 spiro atoms. The number of nitrogens with zero attached hydrogens (tertiary/aromatic N) is 2. The van der Waals surface area contributed by atoms with Crippen LogP contribution >= 0.6 is 0 Å². The van der Waals surface area contributed by atoms with E-state index in [0.717, 1.165) is 32.5 Å². The van der Waals surface area contributed by atoms with Crippen LogP contribution in [0.15, 0.2) is 18.2 Å². The van der Waals surface area contributed by atoms with Crippen molar-refractivity contribution in [2.24, 2.45) is 0 Å². The van der Waals surface area contributed by atoms with Crippen molar-refractivity contribution in [3.8, 4) is 11.5 Å². The molecule has 0 saturated carbocycles. The molecule has 3 rings (SSSR count). The van der Waals surface area contributed by atoms with Crippen molar-refractivity contribution >= 4 is 5.91 Å². The Hall–Kier alpha value is -1.89. The Morgan fingerprint density at radius 2 is 1.96 bits per heavy atom. The normalized spacial score (nSPS) is 21.1. The molecule has 2 saturated heterocycles. The molecule has 1 amide bonds. The van der Waals surface area contributed by atoms with Gasteiger partial charge in [0.1, 0.15) is 0 Å². The minimum Gasteiger partial charge on any atom is -0.493 e. The predicted molar refractivity (Wildman–Crippen MR) is 89.4 cm³/mol. The Morgan fingerprint density at radius 3 is 2.64 bits per heavy atom. The van der Waals surface area contributed by atoms with Crippen molar-refractivity contribution in [3.05, 3.63) is 23.8 Å². The van der Waals surface area contributed by atoms with Gasteiger partial charge in [-0.15, -0.1) is 0 Å². The van der Waals surface area contributed by atoms with Gasteiger partial charge in [0.25, 0.3) is 5.91 Å². The third-order valence-corrected chi connectivity index (χ3v) is 4.93. The first-order chi connectivity index (χ1) is 12.1. The average Bonchev–Trinajstić information content (AvgIpc) is 3.26. The van der Waals surface area contributed by atoms with E-state index in [4.69, 9.17) is 4.74 Å². The fraction of sp³-hybridized carbons (Fsp3) is 0.611. The van der Waals surface area contributed by atoms with Crippen LogP contribution in [0.3, 0.4) is 0 Å². The SMILES string of the molecule is COc1ccc(C(=O)N2CCCC2CN2CCCC2)cc1OC(F)F. The van der Waals surface area contributed by atoms with Crippen LogP contribution in [0.1, 0.15) is 36.0 Å². The Kier molecular flexibility index (Phi) is 5.73. The fourth-order valence-electron chi connectivity index (χ4n) is 3.72. The van der Waals surface area contributed by atoms with E-state index >= 15 is 0 Å². The summed E-state index contributed by atoms with van der Waals surface area (Å²) in [5, 5.41) is 0. The molecule has 2 aliphatic heterocycles. The minimum atomic E-state index is -2.96. The van der Waals surface area contributed by atoms with Crippen molar-refractivity contribution in [3.63, 3.8) is 0 Å². The van der Waals surface area contributed by atoms with Gasteiger partial charge in [0.05, 0.1) is 7.11 Å². The van der Waals surface area contributed by atoms with Crippen LogP contribution in [0.5, 0.6) is 11.5 Å². The van der Waals surface area contributed by atoms with Gasteiger partial charge in [-0.05, 0) is 57.0 Å². The van der Waals surface area contributed by atoms with Crippen molar-refractivity contribution < 1.29 is 23.0 Å². The van der Waals surface area contributed by atoms with Crippen LogP contribution in [0.25, 0.3) is 0 Å².